The first kappa shape index (κ1) is 16.6. The van der Waals surface area contributed by atoms with Gasteiger partial charge in [-0.3, -0.25) is 4.79 Å². The van der Waals surface area contributed by atoms with Crippen LogP contribution in [0.4, 0.5) is 5.69 Å². The molecule has 1 N–H and O–H groups in total. The average Bonchev–Trinajstić information content (AvgIpc) is 3.06. The zero-order valence-electron chi connectivity index (χ0n) is 12.6. The molecule has 0 aliphatic carbocycles. The molecule has 1 amide bonds. The van der Waals surface area contributed by atoms with Crippen molar-refractivity contribution in [1.29, 1.82) is 0 Å². The number of rotatable bonds is 5. The molecule has 0 saturated carbocycles. The third-order valence-electron chi connectivity index (χ3n) is 3.38. The van der Waals surface area contributed by atoms with E-state index in [1.54, 1.807) is 24.4 Å². The summed E-state index contributed by atoms with van der Waals surface area (Å²) in [5.74, 6) is 1.07. The van der Waals surface area contributed by atoms with Crippen molar-refractivity contribution in [3.8, 4) is 11.3 Å². The number of hydrogen-bond acceptors (Lipinski definition) is 3. The van der Waals surface area contributed by atoms with Crippen molar-refractivity contribution >= 4 is 34.8 Å². The minimum atomic E-state index is -0.146. The molecule has 4 nitrogen and oxygen atoms in total. The molecule has 0 radical (unpaired) electrons. The second-order valence-electron chi connectivity index (χ2n) is 5.16. The standard InChI is InChI=1S/C18H14Cl2N2O2/c19-14-7-6-13(10-15(14)20)22-17(23)8-9-18-21-11-16(24-18)12-4-2-1-3-5-12/h1-7,10-11H,8-9H2,(H,22,23). The number of benzene rings is 2. The van der Waals surface area contributed by atoms with Crippen molar-refractivity contribution in [2.24, 2.45) is 0 Å². The minimum Gasteiger partial charge on any atom is -0.441 e. The Balaban J connectivity index is 1.56. The molecule has 0 spiro atoms. The maximum Gasteiger partial charge on any atom is 0.224 e. The number of oxazole rings is 1. The maximum atomic E-state index is 12.0. The van der Waals surface area contributed by atoms with Gasteiger partial charge in [-0.05, 0) is 18.2 Å². The van der Waals surface area contributed by atoms with E-state index in [0.717, 1.165) is 5.56 Å². The van der Waals surface area contributed by atoms with Crippen LogP contribution in [0.5, 0.6) is 0 Å². The quantitative estimate of drug-likeness (QED) is 0.678. The van der Waals surface area contributed by atoms with Crippen molar-refractivity contribution < 1.29 is 9.21 Å². The number of halogens is 2. The van der Waals surface area contributed by atoms with Crippen LogP contribution in [0.3, 0.4) is 0 Å². The van der Waals surface area contributed by atoms with E-state index in [0.29, 0.717) is 33.8 Å². The van der Waals surface area contributed by atoms with Crippen LogP contribution in [0, 0.1) is 0 Å². The molecular formula is C18H14Cl2N2O2. The van der Waals surface area contributed by atoms with Crippen molar-refractivity contribution in [3.05, 3.63) is 70.7 Å². The highest BCUT2D eigenvalue weighted by Crippen LogP contribution is 2.25. The summed E-state index contributed by atoms with van der Waals surface area (Å²) >= 11 is 11.8. The highest BCUT2D eigenvalue weighted by atomic mass is 35.5. The molecule has 0 unspecified atom stereocenters. The predicted molar refractivity (Wildman–Crippen MR) is 95.4 cm³/mol. The van der Waals surface area contributed by atoms with Crippen LogP contribution in [-0.2, 0) is 11.2 Å². The lowest BCUT2D eigenvalue weighted by atomic mass is 10.2. The number of anilines is 1. The van der Waals surface area contributed by atoms with Crippen molar-refractivity contribution in [2.75, 3.05) is 5.32 Å². The van der Waals surface area contributed by atoms with E-state index in [2.05, 4.69) is 10.3 Å². The number of amides is 1. The number of aryl methyl sites for hydroxylation is 1. The minimum absolute atomic E-state index is 0.146. The average molecular weight is 361 g/mol. The van der Waals surface area contributed by atoms with Crippen LogP contribution >= 0.6 is 23.2 Å². The van der Waals surface area contributed by atoms with Crippen LogP contribution in [0.2, 0.25) is 10.0 Å². The van der Waals surface area contributed by atoms with Gasteiger partial charge in [0.1, 0.15) is 0 Å². The van der Waals surface area contributed by atoms with Gasteiger partial charge < -0.3 is 9.73 Å². The highest BCUT2D eigenvalue weighted by Gasteiger charge is 2.09. The summed E-state index contributed by atoms with van der Waals surface area (Å²) in [5.41, 5.74) is 1.56. The third-order valence-corrected chi connectivity index (χ3v) is 4.12. The molecule has 0 aliphatic rings. The van der Waals surface area contributed by atoms with Gasteiger partial charge in [0.2, 0.25) is 5.91 Å². The third kappa shape index (κ3) is 4.16. The molecule has 1 heterocycles. The van der Waals surface area contributed by atoms with Gasteiger partial charge in [-0.2, -0.15) is 0 Å². The molecule has 0 atom stereocenters. The van der Waals surface area contributed by atoms with Crippen LogP contribution < -0.4 is 5.32 Å². The Morgan fingerprint density at radius 2 is 1.88 bits per heavy atom. The Labute approximate surface area is 149 Å². The van der Waals surface area contributed by atoms with Gasteiger partial charge in [-0.1, -0.05) is 53.5 Å². The van der Waals surface area contributed by atoms with E-state index in [1.165, 1.54) is 0 Å². The number of carbonyl (C=O) groups is 1. The van der Waals surface area contributed by atoms with Gasteiger partial charge in [0, 0.05) is 24.1 Å². The predicted octanol–water partition coefficient (Wildman–Crippen LogP) is 5.22. The van der Waals surface area contributed by atoms with E-state index in [1.807, 2.05) is 30.3 Å². The SMILES string of the molecule is O=C(CCc1ncc(-c2ccccc2)o1)Nc1ccc(Cl)c(Cl)c1. The lowest BCUT2D eigenvalue weighted by molar-refractivity contribution is -0.116. The fourth-order valence-electron chi connectivity index (χ4n) is 2.18. The summed E-state index contributed by atoms with van der Waals surface area (Å²) in [6.45, 7) is 0. The fourth-order valence-corrected chi connectivity index (χ4v) is 2.48. The molecule has 24 heavy (non-hydrogen) atoms. The number of aromatic nitrogens is 1. The zero-order chi connectivity index (χ0) is 16.9. The topological polar surface area (TPSA) is 55.1 Å². The molecule has 0 aliphatic heterocycles. The first-order valence-electron chi connectivity index (χ1n) is 7.37. The van der Waals surface area contributed by atoms with E-state index >= 15 is 0 Å². The summed E-state index contributed by atoms with van der Waals surface area (Å²) in [6, 6.07) is 14.6. The molecule has 3 rings (SSSR count). The zero-order valence-corrected chi connectivity index (χ0v) is 14.1. The van der Waals surface area contributed by atoms with Gasteiger partial charge in [-0.25, -0.2) is 4.98 Å². The summed E-state index contributed by atoms with van der Waals surface area (Å²) in [7, 11) is 0. The second kappa shape index (κ2) is 7.51. The van der Waals surface area contributed by atoms with Crippen molar-refractivity contribution in [1.82, 2.24) is 4.98 Å². The Bertz CT molecular complexity index is 847. The van der Waals surface area contributed by atoms with E-state index in [4.69, 9.17) is 27.6 Å². The van der Waals surface area contributed by atoms with Gasteiger partial charge >= 0.3 is 0 Å². The Kier molecular flexibility index (Phi) is 5.18. The van der Waals surface area contributed by atoms with Crippen LogP contribution in [0.15, 0.2) is 59.1 Å². The van der Waals surface area contributed by atoms with Gasteiger partial charge in [-0.15, -0.1) is 0 Å². The first-order chi connectivity index (χ1) is 11.6. The fraction of sp³-hybridized carbons (Fsp3) is 0.111. The highest BCUT2D eigenvalue weighted by molar-refractivity contribution is 6.42. The number of nitrogens with zero attached hydrogens (tertiary/aromatic N) is 1. The monoisotopic (exact) mass is 360 g/mol. The molecule has 0 saturated heterocycles. The summed E-state index contributed by atoms with van der Waals surface area (Å²) < 4.78 is 5.68. The van der Waals surface area contributed by atoms with Gasteiger partial charge in [0.05, 0.1) is 16.2 Å². The van der Waals surface area contributed by atoms with E-state index < -0.39 is 0 Å². The summed E-state index contributed by atoms with van der Waals surface area (Å²) in [4.78, 5) is 16.2. The van der Waals surface area contributed by atoms with Crippen LogP contribution in [-0.4, -0.2) is 10.9 Å². The molecule has 3 aromatic rings. The molecule has 1 aromatic heterocycles. The molecule has 122 valence electrons. The van der Waals surface area contributed by atoms with Crippen LogP contribution in [0.1, 0.15) is 12.3 Å². The van der Waals surface area contributed by atoms with E-state index in [-0.39, 0.29) is 12.3 Å². The Morgan fingerprint density at radius 3 is 2.62 bits per heavy atom. The molecule has 0 bridgehead atoms. The van der Waals surface area contributed by atoms with Gasteiger partial charge in [0.15, 0.2) is 11.7 Å². The normalized spacial score (nSPS) is 10.6. The number of carbonyl (C=O) groups excluding carboxylic acids is 1. The molecule has 6 heteroatoms. The molecule has 0 fully saturated rings. The lowest BCUT2D eigenvalue weighted by Gasteiger charge is -2.05. The molecular weight excluding hydrogens is 347 g/mol. The molecule has 2 aromatic carbocycles. The van der Waals surface area contributed by atoms with E-state index in [9.17, 15) is 4.79 Å². The summed E-state index contributed by atoms with van der Waals surface area (Å²) in [5, 5.41) is 3.61. The number of nitrogens with one attached hydrogen (secondary N) is 1. The first-order valence-corrected chi connectivity index (χ1v) is 8.12. The van der Waals surface area contributed by atoms with Crippen molar-refractivity contribution in [2.45, 2.75) is 12.8 Å². The second-order valence-corrected chi connectivity index (χ2v) is 5.98. The summed E-state index contributed by atoms with van der Waals surface area (Å²) in [6.07, 6.45) is 2.34. The van der Waals surface area contributed by atoms with Gasteiger partial charge in [0.25, 0.3) is 0 Å². The van der Waals surface area contributed by atoms with Crippen molar-refractivity contribution in [3.63, 3.8) is 0 Å². The smallest absolute Gasteiger partial charge is 0.224 e. The van der Waals surface area contributed by atoms with Crippen LogP contribution in [0.25, 0.3) is 11.3 Å². The largest absolute Gasteiger partial charge is 0.441 e. The Hall–Kier alpha value is -2.30. The maximum absolute atomic E-state index is 12.0. The Morgan fingerprint density at radius 1 is 1.08 bits per heavy atom. The number of hydrogen-bond donors (Lipinski definition) is 1. The lowest BCUT2D eigenvalue weighted by Crippen LogP contribution is -2.12.